The van der Waals surface area contributed by atoms with Gasteiger partial charge < -0.3 is 20.1 Å². The molecule has 0 aliphatic carbocycles. The number of aryl methyl sites for hydroxylation is 1. The molecule has 1 aliphatic rings. The highest BCUT2D eigenvalue weighted by atomic mass is 16.5. The number of nitrogens with zero attached hydrogens (tertiary/aromatic N) is 5. The first-order valence-corrected chi connectivity index (χ1v) is 11.1. The summed E-state index contributed by atoms with van der Waals surface area (Å²) < 4.78 is 6.09. The maximum absolute atomic E-state index is 11.9. The number of nitriles is 1. The van der Waals surface area contributed by atoms with Crippen molar-refractivity contribution in [2.75, 3.05) is 18.4 Å². The molecule has 2 N–H and O–H groups in total. The van der Waals surface area contributed by atoms with E-state index >= 15 is 0 Å². The average molecular weight is 459 g/mol. The molecule has 4 rings (SSSR count). The fourth-order valence-electron chi connectivity index (χ4n) is 3.77. The van der Waals surface area contributed by atoms with Crippen LogP contribution in [0.25, 0.3) is 11.3 Å². The number of carbonyl (C=O) groups is 1. The number of ether oxygens (including phenoxy) is 1. The Labute approximate surface area is 198 Å². The lowest BCUT2D eigenvalue weighted by Gasteiger charge is -2.33. The fourth-order valence-corrected chi connectivity index (χ4v) is 3.77. The van der Waals surface area contributed by atoms with Crippen LogP contribution in [0, 0.1) is 18.3 Å². The van der Waals surface area contributed by atoms with Crippen LogP contribution in [0.15, 0.2) is 48.8 Å². The highest BCUT2D eigenvalue weighted by molar-refractivity contribution is 5.80. The SMILES string of the molecule is Cc1ccc(Nc2nccc(-c3ccc(OC4CCN(C(=O)C(C)O)CC4)c(C#N)c3)n2)cn1. The molecule has 1 fully saturated rings. The van der Waals surface area contributed by atoms with Gasteiger partial charge in [0.1, 0.15) is 24.0 Å². The lowest BCUT2D eigenvalue weighted by Crippen LogP contribution is -2.45. The Hall–Kier alpha value is -4.03. The molecule has 34 heavy (non-hydrogen) atoms. The van der Waals surface area contributed by atoms with Crippen molar-refractivity contribution < 1.29 is 14.6 Å². The fraction of sp³-hybridized carbons (Fsp3) is 0.320. The van der Waals surface area contributed by atoms with Crippen molar-refractivity contribution in [2.45, 2.75) is 38.9 Å². The summed E-state index contributed by atoms with van der Waals surface area (Å²) in [5, 5.41) is 22.3. The van der Waals surface area contributed by atoms with Crippen molar-refractivity contribution in [3.63, 3.8) is 0 Å². The molecule has 1 aliphatic heterocycles. The molecule has 1 unspecified atom stereocenters. The number of hydrogen-bond acceptors (Lipinski definition) is 8. The monoisotopic (exact) mass is 458 g/mol. The van der Waals surface area contributed by atoms with Gasteiger partial charge in [-0.1, -0.05) is 0 Å². The maximum atomic E-state index is 11.9. The van der Waals surface area contributed by atoms with E-state index in [0.29, 0.717) is 48.9 Å². The second-order valence-electron chi connectivity index (χ2n) is 8.22. The Balaban J connectivity index is 1.45. The van der Waals surface area contributed by atoms with E-state index in [0.717, 1.165) is 16.9 Å². The number of amides is 1. The van der Waals surface area contributed by atoms with Gasteiger partial charge in [0.25, 0.3) is 5.91 Å². The van der Waals surface area contributed by atoms with Gasteiger partial charge in [-0.2, -0.15) is 5.26 Å². The molecule has 1 atom stereocenters. The number of rotatable bonds is 6. The predicted molar refractivity (Wildman–Crippen MR) is 126 cm³/mol. The van der Waals surface area contributed by atoms with Crippen LogP contribution in [-0.4, -0.2) is 56.2 Å². The summed E-state index contributed by atoms with van der Waals surface area (Å²) in [5.74, 6) is 0.669. The molecule has 1 saturated heterocycles. The molecule has 0 radical (unpaired) electrons. The van der Waals surface area contributed by atoms with Crippen LogP contribution in [-0.2, 0) is 4.79 Å². The van der Waals surface area contributed by atoms with Crippen molar-refractivity contribution in [3.05, 3.63) is 60.0 Å². The Morgan fingerprint density at radius 1 is 1.24 bits per heavy atom. The van der Waals surface area contributed by atoms with Crippen LogP contribution in [0.1, 0.15) is 31.0 Å². The second-order valence-corrected chi connectivity index (χ2v) is 8.22. The number of aromatic nitrogens is 3. The Bertz CT molecular complexity index is 1200. The second kappa shape index (κ2) is 10.3. The number of aliphatic hydroxyl groups is 1. The lowest BCUT2D eigenvalue weighted by molar-refractivity contribution is -0.141. The van der Waals surface area contributed by atoms with Gasteiger partial charge in [-0.25, -0.2) is 9.97 Å². The number of nitrogens with one attached hydrogen (secondary N) is 1. The number of aliphatic hydroxyl groups excluding tert-OH is 1. The van der Waals surface area contributed by atoms with E-state index in [4.69, 9.17) is 4.74 Å². The Kier molecular flexibility index (Phi) is 6.99. The molecule has 1 aromatic carbocycles. The van der Waals surface area contributed by atoms with Gasteiger partial charge in [0, 0.05) is 43.4 Å². The summed E-state index contributed by atoms with van der Waals surface area (Å²) >= 11 is 0. The molecule has 9 heteroatoms. The average Bonchev–Trinajstić information content (AvgIpc) is 2.86. The van der Waals surface area contributed by atoms with Crippen molar-refractivity contribution in [1.29, 1.82) is 5.26 Å². The van der Waals surface area contributed by atoms with Gasteiger partial charge in [0.2, 0.25) is 5.95 Å². The zero-order valence-corrected chi connectivity index (χ0v) is 19.1. The molecule has 3 aromatic rings. The van der Waals surface area contributed by atoms with E-state index in [2.05, 4.69) is 26.3 Å². The van der Waals surface area contributed by atoms with Crippen molar-refractivity contribution >= 4 is 17.5 Å². The van der Waals surface area contributed by atoms with E-state index in [1.165, 1.54) is 6.92 Å². The van der Waals surface area contributed by atoms with E-state index in [1.54, 1.807) is 35.5 Å². The number of piperidine rings is 1. The van der Waals surface area contributed by atoms with Crippen molar-refractivity contribution in [2.24, 2.45) is 0 Å². The van der Waals surface area contributed by atoms with Crippen LogP contribution in [0.3, 0.4) is 0 Å². The standard InChI is InChI=1S/C25H26N6O3/c1-16-3-5-20(15-28-16)29-25-27-10-7-22(30-25)18-4-6-23(19(13-18)14-26)34-21-8-11-31(12-9-21)24(33)17(2)32/h3-7,10,13,15,17,21,32H,8-9,11-12H2,1-2H3,(H,27,29,30). The third kappa shape index (κ3) is 5.47. The van der Waals surface area contributed by atoms with E-state index in [-0.39, 0.29) is 12.0 Å². The summed E-state index contributed by atoms with van der Waals surface area (Å²) in [5.41, 5.74) is 3.56. The zero-order chi connectivity index (χ0) is 24.1. The summed E-state index contributed by atoms with van der Waals surface area (Å²) in [7, 11) is 0. The van der Waals surface area contributed by atoms with Gasteiger partial charge >= 0.3 is 0 Å². The predicted octanol–water partition coefficient (Wildman–Crippen LogP) is 3.21. The topological polar surface area (TPSA) is 124 Å². The number of benzene rings is 1. The van der Waals surface area contributed by atoms with Crippen LogP contribution in [0.5, 0.6) is 5.75 Å². The summed E-state index contributed by atoms with van der Waals surface area (Å²) in [6, 6.07) is 13.2. The molecule has 1 amide bonds. The normalized spacial score (nSPS) is 14.8. The molecular weight excluding hydrogens is 432 g/mol. The first kappa shape index (κ1) is 23.1. The minimum Gasteiger partial charge on any atom is -0.489 e. The Morgan fingerprint density at radius 3 is 2.71 bits per heavy atom. The van der Waals surface area contributed by atoms with Crippen LogP contribution < -0.4 is 10.1 Å². The van der Waals surface area contributed by atoms with Crippen LogP contribution in [0.4, 0.5) is 11.6 Å². The van der Waals surface area contributed by atoms with E-state index in [9.17, 15) is 15.2 Å². The smallest absolute Gasteiger partial charge is 0.251 e. The molecule has 174 valence electrons. The minimum atomic E-state index is -0.999. The number of pyridine rings is 1. The van der Waals surface area contributed by atoms with Crippen molar-refractivity contribution in [3.8, 4) is 23.1 Å². The van der Waals surface area contributed by atoms with Crippen molar-refractivity contribution in [1.82, 2.24) is 19.9 Å². The molecule has 0 saturated carbocycles. The molecule has 2 aromatic heterocycles. The van der Waals surface area contributed by atoms with Gasteiger partial charge in [0.05, 0.1) is 23.1 Å². The maximum Gasteiger partial charge on any atom is 0.251 e. The van der Waals surface area contributed by atoms with Crippen LogP contribution >= 0.6 is 0 Å². The molecule has 3 heterocycles. The number of likely N-dealkylation sites (tertiary alicyclic amines) is 1. The van der Waals surface area contributed by atoms with Gasteiger partial charge in [-0.05, 0) is 50.2 Å². The first-order chi connectivity index (χ1) is 16.4. The molecule has 0 spiro atoms. The number of carbonyl (C=O) groups excluding carboxylic acids is 1. The number of hydrogen-bond donors (Lipinski definition) is 2. The number of anilines is 2. The van der Waals surface area contributed by atoms with Gasteiger partial charge in [-0.15, -0.1) is 0 Å². The molecule has 0 bridgehead atoms. The van der Waals surface area contributed by atoms with Gasteiger partial charge in [-0.3, -0.25) is 9.78 Å². The minimum absolute atomic E-state index is 0.103. The third-order valence-electron chi connectivity index (χ3n) is 5.62. The molecular formula is C25H26N6O3. The third-order valence-corrected chi connectivity index (χ3v) is 5.62. The quantitative estimate of drug-likeness (QED) is 0.577. The van der Waals surface area contributed by atoms with Gasteiger partial charge in [0.15, 0.2) is 0 Å². The Morgan fingerprint density at radius 2 is 2.03 bits per heavy atom. The van der Waals surface area contributed by atoms with E-state index in [1.807, 2.05) is 25.1 Å². The van der Waals surface area contributed by atoms with Crippen LogP contribution in [0.2, 0.25) is 0 Å². The summed E-state index contributed by atoms with van der Waals surface area (Å²) in [6.07, 6.45) is 3.55. The zero-order valence-electron chi connectivity index (χ0n) is 19.1. The highest BCUT2D eigenvalue weighted by Crippen LogP contribution is 2.28. The first-order valence-electron chi connectivity index (χ1n) is 11.1. The van der Waals surface area contributed by atoms with E-state index < -0.39 is 6.10 Å². The highest BCUT2D eigenvalue weighted by Gasteiger charge is 2.26. The molecule has 9 nitrogen and oxygen atoms in total. The summed E-state index contributed by atoms with van der Waals surface area (Å²) in [4.78, 5) is 26.7. The lowest BCUT2D eigenvalue weighted by atomic mass is 10.1. The largest absolute Gasteiger partial charge is 0.489 e. The summed E-state index contributed by atoms with van der Waals surface area (Å²) in [6.45, 7) is 4.42.